The fraction of sp³-hybridized carbons (Fsp3) is 0.903. The van der Waals surface area contributed by atoms with Gasteiger partial charge in [0.25, 0.3) is 11.8 Å². The molecule has 2 heterocycles. The second kappa shape index (κ2) is 9.80. The number of hydrogen-bond donors (Lipinski definition) is 0. The molecule has 0 aromatic carbocycles. The highest BCUT2D eigenvalue weighted by molar-refractivity contribution is 6.01. The van der Waals surface area contributed by atoms with E-state index < -0.39 is 17.8 Å². The third kappa shape index (κ3) is 4.30. The number of unbranched alkanes of at least 4 members (excludes halogenated alkanes) is 1. The molecule has 10 aliphatic rings. The molecule has 8 saturated carbocycles. The summed E-state index contributed by atoms with van der Waals surface area (Å²) in [4.78, 5) is 52.5. The van der Waals surface area contributed by atoms with Crippen LogP contribution in [0.3, 0.4) is 0 Å². The topological polar surface area (TPSA) is 91.4 Å². The lowest BCUT2D eigenvalue weighted by Crippen LogP contribution is -2.65. The minimum atomic E-state index is -0.522. The molecule has 0 aromatic heterocycles. The molecule has 8 aliphatic carbocycles. The summed E-state index contributed by atoms with van der Waals surface area (Å²) in [5.74, 6) is 6.38. The van der Waals surface area contributed by atoms with Crippen LogP contribution in [-0.2, 0) is 33.7 Å². The van der Waals surface area contributed by atoms with E-state index >= 15 is 0 Å². The van der Waals surface area contributed by atoms with E-state index in [4.69, 9.17) is 19.3 Å². The minimum absolute atomic E-state index is 0.119. The van der Waals surface area contributed by atoms with E-state index in [1.807, 2.05) is 0 Å². The third-order valence-electron chi connectivity index (χ3n) is 12.4. The van der Waals surface area contributed by atoms with Crippen LogP contribution in [-0.4, -0.2) is 47.8 Å². The summed E-state index contributed by atoms with van der Waals surface area (Å²) < 4.78 is 6.63. The summed E-state index contributed by atoms with van der Waals surface area (Å²) in [5.41, 5.74) is 0. The Kier molecular flexibility index (Phi) is 6.34. The second-order valence-corrected chi connectivity index (χ2v) is 14.5. The second-order valence-electron chi connectivity index (χ2n) is 14.5. The summed E-state index contributed by atoms with van der Waals surface area (Å²) in [6.45, 7) is 0.635. The van der Waals surface area contributed by atoms with Crippen LogP contribution in [0.25, 0.3) is 0 Å². The van der Waals surface area contributed by atoms with Crippen LogP contribution in [0, 0.1) is 59.2 Å². The molecule has 8 nitrogen and oxygen atoms in total. The van der Waals surface area contributed by atoms with E-state index in [0.717, 1.165) is 41.9 Å². The molecule has 2 amide bonds. The molecule has 0 spiro atoms. The molecular formula is C31H43NO7. The number of carbonyl (C=O) groups excluding carboxylic acids is 3. The first kappa shape index (κ1) is 25.2. The van der Waals surface area contributed by atoms with Gasteiger partial charge in [0.1, 0.15) is 12.2 Å². The van der Waals surface area contributed by atoms with Gasteiger partial charge in [0.05, 0.1) is 6.10 Å². The predicted octanol–water partition coefficient (Wildman–Crippen LogP) is 4.60. The molecule has 10 rings (SSSR count). The first-order valence-electron chi connectivity index (χ1n) is 16.0. The molecule has 2 aliphatic heterocycles. The highest BCUT2D eigenvalue weighted by Gasteiger charge is 2.63. The van der Waals surface area contributed by atoms with Crippen LogP contribution < -0.4 is 0 Å². The van der Waals surface area contributed by atoms with Gasteiger partial charge < -0.3 is 9.57 Å². The van der Waals surface area contributed by atoms with Crippen LogP contribution in [0.5, 0.6) is 0 Å². The van der Waals surface area contributed by atoms with Crippen molar-refractivity contribution in [2.75, 3.05) is 6.61 Å². The van der Waals surface area contributed by atoms with Crippen molar-refractivity contribution in [2.24, 2.45) is 59.2 Å². The average molecular weight is 542 g/mol. The Labute approximate surface area is 230 Å². The molecule has 0 aromatic rings. The van der Waals surface area contributed by atoms with E-state index in [-0.39, 0.29) is 31.5 Å². The zero-order chi connectivity index (χ0) is 26.2. The molecule has 0 N–H and O–H groups in total. The van der Waals surface area contributed by atoms with Crippen molar-refractivity contribution in [2.45, 2.75) is 108 Å². The quantitative estimate of drug-likeness (QED) is 0.239. The van der Waals surface area contributed by atoms with Gasteiger partial charge in [0.2, 0.25) is 0 Å². The predicted molar refractivity (Wildman–Crippen MR) is 137 cm³/mol. The van der Waals surface area contributed by atoms with Crippen molar-refractivity contribution in [3.8, 4) is 0 Å². The van der Waals surface area contributed by atoms with E-state index in [9.17, 15) is 14.4 Å². The normalized spacial score (nSPS) is 49.1. The lowest BCUT2D eigenvalue weighted by Gasteiger charge is -2.63. The Morgan fingerprint density at radius 2 is 1.31 bits per heavy atom. The van der Waals surface area contributed by atoms with Gasteiger partial charge in [-0.25, -0.2) is 14.6 Å². The lowest BCUT2D eigenvalue weighted by molar-refractivity contribution is -0.500. The molecular weight excluding hydrogens is 498 g/mol. The van der Waals surface area contributed by atoms with Gasteiger partial charge >= 0.3 is 5.97 Å². The Morgan fingerprint density at radius 3 is 1.97 bits per heavy atom. The first-order valence-corrected chi connectivity index (χ1v) is 16.0. The van der Waals surface area contributed by atoms with E-state index in [1.165, 1.54) is 57.8 Å². The minimum Gasteiger partial charge on any atom is -0.378 e. The fourth-order valence-corrected chi connectivity index (χ4v) is 11.3. The number of hydroxylamine groups is 2. The van der Waals surface area contributed by atoms with Crippen molar-refractivity contribution in [1.29, 1.82) is 0 Å². The molecule has 8 bridgehead atoms. The number of carbonyl (C=O) groups is 3. The van der Waals surface area contributed by atoms with Gasteiger partial charge in [0, 0.05) is 25.9 Å². The van der Waals surface area contributed by atoms with Crippen LogP contribution in [0.1, 0.15) is 89.9 Å². The standard InChI is InChI=1S/C31H43NO7/c33-24-4-5-25(34)32(24)37-26(35)3-1-2-6-36-29-22-13-18-12-21(15-22)28(23(29)14-18)31-30(38-39-31)27-19-8-16-7-17(10-19)11-20(27)9-16/h16-23,27-31H,1-15H2/t16?,17?,18?,19?,20?,21?,22?,23?,27?,28?,29-,30?,31?/m1/s1. The highest BCUT2D eigenvalue weighted by Crippen LogP contribution is 2.63. The van der Waals surface area contributed by atoms with Gasteiger partial charge in [0.15, 0.2) is 0 Å². The van der Waals surface area contributed by atoms with Crippen LogP contribution >= 0.6 is 0 Å². The van der Waals surface area contributed by atoms with Crippen molar-refractivity contribution in [3.05, 3.63) is 0 Å². The molecule has 8 atom stereocenters. The Balaban J connectivity index is 0.866. The third-order valence-corrected chi connectivity index (χ3v) is 12.4. The van der Waals surface area contributed by atoms with E-state index in [0.29, 0.717) is 47.9 Å². The summed E-state index contributed by atoms with van der Waals surface area (Å²) in [6.07, 6.45) is 15.0. The Bertz CT molecular complexity index is 971. The van der Waals surface area contributed by atoms with E-state index in [1.54, 1.807) is 0 Å². The number of imide groups is 1. The largest absolute Gasteiger partial charge is 0.378 e. The smallest absolute Gasteiger partial charge is 0.333 e. The Morgan fingerprint density at radius 1 is 0.718 bits per heavy atom. The van der Waals surface area contributed by atoms with Crippen molar-refractivity contribution in [1.82, 2.24) is 5.06 Å². The summed E-state index contributed by atoms with van der Waals surface area (Å²) in [6, 6.07) is 0. The SMILES string of the molecule is O=C(CCCCO[C@@H]1C2CC3CC(C2)C(C2OOC2C2C4CC5CC(C4)CC2C5)C1C3)ON1C(=O)CCC1=O. The number of ether oxygens (including phenoxy) is 1. The maximum Gasteiger partial charge on any atom is 0.333 e. The lowest BCUT2D eigenvalue weighted by atomic mass is 9.47. The first-order chi connectivity index (χ1) is 19.0. The Hall–Kier alpha value is -1.51. The van der Waals surface area contributed by atoms with Gasteiger partial charge in [-0.15, -0.1) is 5.06 Å². The molecule has 7 unspecified atom stereocenters. The summed E-state index contributed by atoms with van der Waals surface area (Å²) in [7, 11) is 0. The molecule has 10 fully saturated rings. The molecule has 0 radical (unpaired) electrons. The molecule has 2 saturated heterocycles. The summed E-state index contributed by atoms with van der Waals surface area (Å²) >= 11 is 0. The zero-order valence-corrected chi connectivity index (χ0v) is 22.9. The average Bonchev–Trinajstić information content (AvgIpc) is 3.20. The number of rotatable bonds is 9. The van der Waals surface area contributed by atoms with Gasteiger partial charge in [-0.2, -0.15) is 0 Å². The molecule has 214 valence electrons. The van der Waals surface area contributed by atoms with Crippen LogP contribution in [0.2, 0.25) is 0 Å². The summed E-state index contributed by atoms with van der Waals surface area (Å²) in [5, 5.41) is 0.635. The molecule has 39 heavy (non-hydrogen) atoms. The van der Waals surface area contributed by atoms with E-state index in [2.05, 4.69) is 0 Å². The molecule has 8 heteroatoms. The van der Waals surface area contributed by atoms with Gasteiger partial charge in [-0.3, -0.25) is 9.59 Å². The van der Waals surface area contributed by atoms with Crippen LogP contribution in [0.4, 0.5) is 0 Å². The van der Waals surface area contributed by atoms with Crippen molar-refractivity contribution in [3.63, 3.8) is 0 Å². The zero-order valence-electron chi connectivity index (χ0n) is 22.9. The fourth-order valence-electron chi connectivity index (χ4n) is 11.3. The van der Waals surface area contributed by atoms with Crippen LogP contribution in [0.15, 0.2) is 0 Å². The monoisotopic (exact) mass is 541 g/mol. The van der Waals surface area contributed by atoms with Gasteiger partial charge in [-0.1, -0.05) is 0 Å². The van der Waals surface area contributed by atoms with Crippen molar-refractivity contribution < 1.29 is 33.7 Å². The van der Waals surface area contributed by atoms with Gasteiger partial charge in [-0.05, 0) is 130 Å². The maximum absolute atomic E-state index is 12.1. The number of hydrogen-bond acceptors (Lipinski definition) is 7. The highest BCUT2D eigenvalue weighted by atomic mass is 17.2. The van der Waals surface area contributed by atoms with Crippen molar-refractivity contribution >= 4 is 17.8 Å². The number of nitrogens with zero attached hydrogens (tertiary/aromatic N) is 1. The maximum atomic E-state index is 12.1. The number of amides is 2.